The fourth-order valence-electron chi connectivity index (χ4n) is 1.04. The number of benzene rings is 1. The van der Waals surface area contributed by atoms with Crippen LogP contribution in [0.2, 0.25) is 0 Å². The summed E-state index contributed by atoms with van der Waals surface area (Å²) < 4.78 is 13.1. The lowest BCUT2D eigenvalue weighted by Gasteiger charge is -2.05. The van der Waals surface area contributed by atoms with Gasteiger partial charge < -0.3 is 10.4 Å². The molecule has 0 heterocycles. The highest BCUT2D eigenvalue weighted by Gasteiger charge is 2.14. The molecule has 0 aliphatic carbocycles. The van der Waals surface area contributed by atoms with E-state index < -0.39 is 23.1 Å². The number of aliphatic hydroxyl groups is 1. The van der Waals surface area contributed by atoms with Crippen LogP contribution in [0.25, 0.3) is 0 Å². The van der Waals surface area contributed by atoms with Gasteiger partial charge in [-0.05, 0) is 19.1 Å². The molecule has 2 N–H and O–H groups in total. The number of halogens is 1. The largest absolute Gasteiger partial charge is 0.511 e. The third-order valence-electron chi connectivity index (χ3n) is 1.82. The lowest BCUT2D eigenvalue weighted by atomic mass is 10.2. The molecule has 0 aromatic heterocycles. The van der Waals surface area contributed by atoms with Gasteiger partial charge >= 0.3 is 0 Å². The molecule has 0 saturated carbocycles. The molecule has 0 aliphatic rings. The minimum Gasteiger partial charge on any atom is -0.511 e. The Bertz CT molecular complexity index is 485. The average molecular weight is 220 g/mol. The van der Waals surface area contributed by atoms with Crippen LogP contribution >= 0.6 is 0 Å². The maximum absolute atomic E-state index is 13.1. The number of rotatable bonds is 2. The zero-order valence-corrected chi connectivity index (χ0v) is 8.49. The van der Waals surface area contributed by atoms with E-state index in [2.05, 4.69) is 5.32 Å². The molecule has 1 aromatic carbocycles. The molecule has 1 aromatic rings. The third-order valence-corrected chi connectivity index (χ3v) is 1.82. The van der Waals surface area contributed by atoms with Crippen molar-refractivity contribution in [1.82, 2.24) is 0 Å². The highest BCUT2D eigenvalue weighted by Crippen LogP contribution is 2.14. The number of hydrogen-bond donors (Lipinski definition) is 2. The Morgan fingerprint density at radius 3 is 2.62 bits per heavy atom. The van der Waals surface area contributed by atoms with Crippen LogP contribution in [0.1, 0.15) is 6.92 Å². The van der Waals surface area contributed by atoms with Gasteiger partial charge in [0, 0.05) is 0 Å². The van der Waals surface area contributed by atoms with Gasteiger partial charge in [-0.2, -0.15) is 5.26 Å². The van der Waals surface area contributed by atoms with Crippen molar-refractivity contribution in [2.24, 2.45) is 0 Å². The first kappa shape index (κ1) is 11.7. The van der Waals surface area contributed by atoms with Crippen molar-refractivity contribution in [2.45, 2.75) is 6.92 Å². The van der Waals surface area contributed by atoms with Crippen LogP contribution in [-0.2, 0) is 4.79 Å². The lowest BCUT2D eigenvalue weighted by Crippen LogP contribution is -2.15. The Labute approximate surface area is 91.6 Å². The number of carbonyl (C=O) groups excluding carboxylic acids is 1. The molecule has 5 heteroatoms. The molecule has 0 atom stereocenters. The molecule has 0 radical (unpaired) electrons. The van der Waals surface area contributed by atoms with Crippen molar-refractivity contribution in [3.05, 3.63) is 41.4 Å². The quantitative estimate of drug-likeness (QED) is 0.455. The first-order valence-corrected chi connectivity index (χ1v) is 4.42. The van der Waals surface area contributed by atoms with E-state index in [1.165, 1.54) is 31.2 Å². The van der Waals surface area contributed by atoms with Crippen LogP contribution in [0, 0.1) is 17.1 Å². The van der Waals surface area contributed by atoms with Gasteiger partial charge in [-0.3, -0.25) is 4.79 Å². The van der Waals surface area contributed by atoms with E-state index in [9.17, 15) is 9.18 Å². The number of anilines is 1. The maximum atomic E-state index is 13.1. The number of allylic oxidation sites excluding steroid dienone is 1. The molecule has 0 saturated heterocycles. The lowest BCUT2D eigenvalue weighted by molar-refractivity contribution is -0.112. The van der Waals surface area contributed by atoms with E-state index >= 15 is 0 Å². The van der Waals surface area contributed by atoms with Crippen molar-refractivity contribution >= 4 is 11.6 Å². The zero-order chi connectivity index (χ0) is 12.1. The number of nitrogens with one attached hydrogen (secondary N) is 1. The second-order valence-electron chi connectivity index (χ2n) is 3.01. The second-order valence-corrected chi connectivity index (χ2v) is 3.01. The first-order valence-electron chi connectivity index (χ1n) is 4.42. The number of hydrogen-bond acceptors (Lipinski definition) is 3. The Hall–Kier alpha value is -2.35. The minimum atomic E-state index is -0.840. The first-order chi connectivity index (χ1) is 7.56. The molecule has 0 aliphatic heterocycles. The normalized spacial score (nSPS) is 11.3. The van der Waals surface area contributed by atoms with Gasteiger partial charge in [0.25, 0.3) is 5.91 Å². The molecule has 1 amide bonds. The molecule has 0 spiro atoms. The van der Waals surface area contributed by atoms with Crippen LogP contribution in [0.4, 0.5) is 10.1 Å². The van der Waals surface area contributed by atoms with Gasteiger partial charge in [-0.15, -0.1) is 0 Å². The van der Waals surface area contributed by atoms with Crippen molar-refractivity contribution in [3.8, 4) is 6.07 Å². The van der Waals surface area contributed by atoms with E-state index in [-0.39, 0.29) is 5.69 Å². The molecule has 0 fully saturated rings. The average Bonchev–Trinajstić information content (AvgIpc) is 2.22. The van der Waals surface area contributed by atoms with E-state index in [0.29, 0.717) is 0 Å². The van der Waals surface area contributed by atoms with Crippen LogP contribution in [0.3, 0.4) is 0 Å². The van der Waals surface area contributed by atoms with Crippen molar-refractivity contribution in [1.29, 1.82) is 5.26 Å². The predicted molar refractivity (Wildman–Crippen MR) is 56.0 cm³/mol. The highest BCUT2D eigenvalue weighted by molar-refractivity contribution is 6.06. The number of nitrogens with zero attached hydrogens (tertiary/aromatic N) is 1. The summed E-state index contributed by atoms with van der Waals surface area (Å²) in [6.45, 7) is 1.21. The summed E-state index contributed by atoms with van der Waals surface area (Å²) >= 11 is 0. The number of para-hydroxylation sites is 1. The highest BCUT2D eigenvalue weighted by atomic mass is 19.1. The maximum Gasteiger partial charge on any atom is 0.269 e. The molecule has 82 valence electrons. The SMILES string of the molecule is CC(O)=C(C#N)C(=O)Nc1ccccc1F. The van der Waals surface area contributed by atoms with Crippen LogP contribution in [0.15, 0.2) is 35.6 Å². The third kappa shape index (κ3) is 2.58. The van der Waals surface area contributed by atoms with Gasteiger partial charge in [0.1, 0.15) is 17.6 Å². The monoisotopic (exact) mass is 220 g/mol. The predicted octanol–water partition coefficient (Wildman–Crippen LogP) is 2.12. The van der Waals surface area contributed by atoms with Gasteiger partial charge in [-0.1, -0.05) is 12.1 Å². The van der Waals surface area contributed by atoms with Crippen LogP contribution in [-0.4, -0.2) is 11.0 Å². The molecular formula is C11H9FN2O2. The number of carbonyl (C=O) groups is 1. The van der Waals surface area contributed by atoms with E-state index in [0.717, 1.165) is 0 Å². The second kappa shape index (κ2) is 4.94. The topological polar surface area (TPSA) is 73.1 Å². The summed E-state index contributed by atoms with van der Waals surface area (Å²) in [6, 6.07) is 7.09. The summed E-state index contributed by atoms with van der Waals surface area (Å²) in [4.78, 5) is 11.4. The van der Waals surface area contributed by atoms with E-state index in [4.69, 9.17) is 10.4 Å². The Kier molecular flexibility index (Phi) is 3.62. The van der Waals surface area contributed by atoms with Gasteiger partial charge in [0.15, 0.2) is 5.57 Å². The fraction of sp³-hybridized carbons (Fsp3) is 0.0909. The Morgan fingerprint density at radius 1 is 1.50 bits per heavy atom. The molecule has 0 bridgehead atoms. The molecule has 16 heavy (non-hydrogen) atoms. The Morgan fingerprint density at radius 2 is 2.12 bits per heavy atom. The molecule has 0 unspecified atom stereocenters. The summed E-state index contributed by atoms with van der Waals surface area (Å²) in [5, 5.41) is 19.8. The van der Waals surface area contributed by atoms with Gasteiger partial charge in [-0.25, -0.2) is 4.39 Å². The zero-order valence-electron chi connectivity index (χ0n) is 8.49. The number of nitriles is 1. The number of aliphatic hydroxyl groups excluding tert-OH is 1. The summed E-state index contributed by atoms with van der Waals surface area (Å²) in [6.07, 6.45) is 0. The molecule has 4 nitrogen and oxygen atoms in total. The summed E-state index contributed by atoms with van der Waals surface area (Å²) in [7, 11) is 0. The van der Waals surface area contributed by atoms with E-state index in [1.54, 1.807) is 6.07 Å². The standard InChI is InChI=1S/C11H9FN2O2/c1-7(15)8(6-13)11(16)14-10-5-3-2-4-9(10)12/h2-5,15H,1H3,(H,14,16). The molecular weight excluding hydrogens is 211 g/mol. The Balaban J connectivity index is 2.93. The fourth-order valence-corrected chi connectivity index (χ4v) is 1.04. The molecule has 1 rings (SSSR count). The van der Waals surface area contributed by atoms with Crippen molar-refractivity contribution in [3.63, 3.8) is 0 Å². The number of amides is 1. The van der Waals surface area contributed by atoms with Crippen molar-refractivity contribution < 1.29 is 14.3 Å². The van der Waals surface area contributed by atoms with Gasteiger partial charge in [0.05, 0.1) is 5.69 Å². The minimum absolute atomic E-state index is 0.0403. The van der Waals surface area contributed by atoms with E-state index in [1.807, 2.05) is 0 Å². The van der Waals surface area contributed by atoms with Crippen LogP contribution in [0.5, 0.6) is 0 Å². The van der Waals surface area contributed by atoms with Gasteiger partial charge in [0.2, 0.25) is 0 Å². The summed E-state index contributed by atoms with van der Waals surface area (Å²) in [5.74, 6) is -1.85. The summed E-state index contributed by atoms with van der Waals surface area (Å²) in [5.41, 5.74) is -0.482. The van der Waals surface area contributed by atoms with Crippen molar-refractivity contribution in [2.75, 3.05) is 5.32 Å². The van der Waals surface area contributed by atoms with Crippen LogP contribution < -0.4 is 5.32 Å². The smallest absolute Gasteiger partial charge is 0.269 e.